The fourth-order valence-electron chi connectivity index (χ4n) is 1.40. The summed E-state index contributed by atoms with van der Waals surface area (Å²) >= 11 is 0. The fraction of sp³-hybridized carbons (Fsp3) is 0.0833. The van der Waals surface area contributed by atoms with E-state index in [9.17, 15) is 10.1 Å². The molecular weight excluding hydrogens is 234 g/mol. The van der Waals surface area contributed by atoms with E-state index in [4.69, 9.17) is 10.5 Å². The van der Waals surface area contributed by atoms with Crippen LogP contribution in [0.5, 0.6) is 11.5 Å². The summed E-state index contributed by atoms with van der Waals surface area (Å²) in [4.78, 5) is 14.0. The molecule has 2 rings (SSSR count). The van der Waals surface area contributed by atoms with Crippen molar-refractivity contribution >= 4 is 5.69 Å². The number of hydrogen-bond donors (Lipinski definition) is 1. The Hall–Kier alpha value is -2.47. The highest BCUT2D eigenvalue weighted by Gasteiger charge is 2.05. The molecule has 2 N–H and O–H groups in total. The molecule has 92 valence electrons. The number of nitrogens with two attached hydrogens (primary N) is 1. The van der Waals surface area contributed by atoms with E-state index in [2.05, 4.69) is 4.98 Å². The summed E-state index contributed by atoms with van der Waals surface area (Å²) in [5, 5.41) is 10.5. The minimum atomic E-state index is -0.458. The molecule has 1 aromatic heterocycles. The van der Waals surface area contributed by atoms with Gasteiger partial charge in [-0.25, -0.2) is 0 Å². The van der Waals surface area contributed by atoms with Crippen molar-refractivity contribution in [2.45, 2.75) is 6.54 Å². The largest absolute Gasteiger partial charge is 0.456 e. The molecule has 0 bridgehead atoms. The smallest absolute Gasteiger partial charge is 0.269 e. The number of nitro benzene ring substituents is 1. The Labute approximate surface area is 103 Å². The van der Waals surface area contributed by atoms with Gasteiger partial charge in [0.15, 0.2) is 0 Å². The summed E-state index contributed by atoms with van der Waals surface area (Å²) in [5.74, 6) is 1.06. The SMILES string of the molecule is NCc1cncc(Oc2ccc([N+](=O)[O-])cc2)c1. The van der Waals surface area contributed by atoms with E-state index < -0.39 is 4.92 Å². The summed E-state index contributed by atoms with van der Waals surface area (Å²) in [7, 11) is 0. The van der Waals surface area contributed by atoms with Crippen molar-refractivity contribution in [3.63, 3.8) is 0 Å². The van der Waals surface area contributed by atoms with Crippen LogP contribution in [0.25, 0.3) is 0 Å². The highest BCUT2D eigenvalue weighted by atomic mass is 16.6. The lowest BCUT2D eigenvalue weighted by Crippen LogP contribution is -1.97. The fourth-order valence-corrected chi connectivity index (χ4v) is 1.40. The standard InChI is InChI=1S/C12H11N3O3/c13-6-9-5-12(8-14-7-9)18-11-3-1-10(2-4-11)15(16)17/h1-5,7-8H,6,13H2. The number of benzene rings is 1. The van der Waals surface area contributed by atoms with E-state index in [1.807, 2.05) is 0 Å². The monoisotopic (exact) mass is 245 g/mol. The maximum atomic E-state index is 10.5. The minimum absolute atomic E-state index is 0.0242. The van der Waals surface area contributed by atoms with Gasteiger partial charge in [0.05, 0.1) is 11.1 Å². The lowest BCUT2D eigenvalue weighted by molar-refractivity contribution is -0.384. The molecule has 0 unspecified atom stereocenters. The van der Waals surface area contributed by atoms with E-state index in [1.54, 1.807) is 18.5 Å². The van der Waals surface area contributed by atoms with E-state index in [-0.39, 0.29) is 5.69 Å². The Kier molecular flexibility index (Phi) is 3.49. The van der Waals surface area contributed by atoms with Gasteiger partial charge in [-0.3, -0.25) is 15.1 Å². The Morgan fingerprint density at radius 3 is 2.56 bits per heavy atom. The Morgan fingerprint density at radius 2 is 1.94 bits per heavy atom. The number of nitro groups is 1. The maximum Gasteiger partial charge on any atom is 0.269 e. The molecule has 2 aromatic rings. The molecule has 0 aliphatic rings. The van der Waals surface area contributed by atoms with Crippen molar-refractivity contribution in [3.8, 4) is 11.5 Å². The van der Waals surface area contributed by atoms with Crippen LogP contribution in [0, 0.1) is 10.1 Å². The van der Waals surface area contributed by atoms with Gasteiger partial charge >= 0.3 is 0 Å². The van der Waals surface area contributed by atoms with Crippen molar-refractivity contribution in [3.05, 3.63) is 58.4 Å². The molecule has 0 fully saturated rings. The second kappa shape index (κ2) is 5.24. The third-order valence-electron chi connectivity index (χ3n) is 2.29. The number of ether oxygens (including phenoxy) is 1. The van der Waals surface area contributed by atoms with Gasteiger partial charge in [0.1, 0.15) is 11.5 Å². The van der Waals surface area contributed by atoms with Crippen LogP contribution >= 0.6 is 0 Å². The van der Waals surface area contributed by atoms with E-state index in [0.29, 0.717) is 18.0 Å². The van der Waals surface area contributed by atoms with Crippen molar-refractivity contribution in [2.75, 3.05) is 0 Å². The first kappa shape index (κ1) is 12.0. The zero-order valence-electron chi connectivity index (χ0n) is 9.45. The van der Waals surface area contributed by atoms with Crippen molar-refractivity contribution in [2.24, 2.45) is 5.73 Å². The molecule has 0 radical (unpaired) electrons. The molecule has 1 heterocycles. The molecule has 0 aliphatic heterocycles. The van der Waals surface area contributed by atoms with Gasteiger partial charge in [-0.15, -0.1) is 0 Å². The molecule has 0 saturated heterocycles. The van der Waals surface area contributed by atoms with Crippen LogP contribution in [0.3, 0.4) is 0 Å². The van der Waals surface area contributed by atoms with Crippen molar-refractivity contribution in [1.29, 1.82) is 0 Å². The molecule has 18 heavy (non-hydrogen) atoms. The van der Waals surface area contributed by atoms with Crippen LogP contribution in [0.4, 0.5) is 5.69 Å². The van der Waals surface area contributed by atoms with Gasteiger partial charge in [-0.1, -0.05) is 0 Å². The number of hydrogen-bond acceptors (Lipinski definition) is 5. The lowest BCUT2D eigenvalue weighted by Gasteiger charge is -2.05. The van der Waals surface area contributed by atoms with Crippen molar-refractivity contribution in [1.82, 2.24) is 4.98 Å². The van der Waals surface area contributed by atoms with E-state index in [0.717, 1.165) is 5.56 Å². The lowest BCUT2D eigenvalue weighted by atomic mass is 10.3. The van der Waals surface area contributed by atoms with Gasteiger partial charge < -0.3 is 10.5 Å². The van der Waals surface area contributed by atoms with Crippen molar-refractivity contribution < 1.29 is 9.66 Å². The molecule has 0 atom stereocenters. The molecular formula is C12H11N3O3. The van der Waals surface area contributed by atoms with E-state index in [1.165, 1.54) is 24.3 Å². The molecule has 0 aliphatic carbocycles. The highest BCUT2D eigenvalue weighted by molar-refractivity contribution is 5.38. The quantitative estimate of drug-likeness (QED) is 0.658. The molecule has 0 amide bonds. The average Bonchev–Trinajstić information content (AvgIpc) is 2.39. The zero-order chi connectivity index (χ0) is 13.0. The molecule has 6 heteroatoms. The average molecular weight is 245 g/mol. The predicted octanol–water partition coefficient (Wildman–Crippen LogP) is 2.24. The topological polar surface area (TPSA) is 91.3 Å². The molecule has 0 spiro atoms. The van der Waals surface area contributed by atoms with Crippen LogP contribution in [0.1, 0.15) is 5.56 Å². The Balaban J connectivity index is 2.15. The van der Waals surface area contributed by atoms with Gasteiger partial charge in [0, 0.05) is 24.9 Å². The molecule has 1 aromatic carbocycles. The van der Waals surface area contributed by atoms with Gasteiger partial charge in [0.2, 0.25) is 0 Å². The summed E-state index contributed by atoms with van der Waals surface area (Å²) in [5.41, 5.74) is 6.37. The van der Waals surface area contributed by atoms with Crippen LogP contribution in [0.15, 0.2) is 42.7 Å². The Bertz CT molecular complexity index is 555. The summed E-state index contributed by atoms with van der Waals surface area (Å²) in [6.07, 6.45) is 3.21. The zero-order valence-corrected chi connectivity index (χ0v) is 9.45. The van der Waals surface area contributed by atoms with E-state index >= 15 is 0 Å². The van der Waals surface area contributed by atoms with Crippen LogP contribution in [-0.2, 0) is 6.54 Å². The number of non-ortho nitro benzene ring substituents is 1. The number of pyridine rings is 1. The first-order chi connectivity index (χ1) is 8.69. The second-order valence-electron chi connectivity index (χ2n) is 3.59. The third kappa shape index (κ3) is 2.80. The van der Waals surface area contributed by atoms with Crippen LogP contribution in [-0.4, -0.2) is 9.91 Å². The molecule has 0 saturated carbocycles. The second-order valence-corrected chi connectivity index (χ2v) is 3.59. The molecule has 6 nitrogen and oxygen atoms in total. The number of rotatable bonds is 4. The van der Waals surface area contributed by atoms with Crippen LogP contribution in [0.2, 0.25) is 0 Å². The Morgan fingerprint density at radius 1 is 1.22 bits per heavy atom. The van der Waals surface area contributed by atoms with Crippen LogP contribution < -0.4 is 10.5 Å². The number of aromatic nitrogens is 1. The number of nitrogens with zero attached hydrogens (tertiary/aromatic N) is 2. The predicted molar refractivity (Wildman–Crippen MR) is 65.3 cm³/mol. The van der Waals surface area contributed by atoms with Gasteiger partial charge in [-0.2, -0.15) is 0 Å². The van der Waals surface area contributed by atoms with Gasteiger partial charge in [0.25, 0.3) is 5.69 Å². The summed E-state index contributed by atoms with van der Waals surface area (Å²) in [6, 6.07) is 7.61. The first-order valence-corrected chi connectivity index (χ1v) is 5.25. The maximum absolute atomic E-state index is 10.5. The normalized spacial score (nSPS) is 10.1. The first-order valence-electron chi connectivity index (χ1n) is 5.25. The highest BCUT2D eigenvalue weighted by Crippen LogP contribution is 2.23. The summed E-state index contributed by atoms with van der Waals surface area (Å²) < 4.78 is 5.51. The minimum Gasteiger partial charge on any atom is -0.456 e. The third-order valence-corrected chi connectivity index (χ3v) is 2.29. The van der Waals surface area contributed by atoms with Gasteiger partial charge in [-0.05, 0) is 23.8 Å². The summed E-state index contributed by atoms with van der Waals surface area (Å²) in [6.45, 7) is 0.379.